The summed E-state index contributed by atoms with van der Waals surface area (Å²) in [5, 5.41) is 17.9. The number of fused-ring (bicyclic) bond motifs is 1. The molecule has 1 saturated carbocycles. The number of anilines is 1. The predicted octanol–water partition coefficient (Wildman–Crippen LogP) is 5.44. The van der Waals surface area contributed by atoms with E-state index in [0.29, 0.717) is 16.9 Å². The van der Waals surface area contributed by atoms with Crippen molar-refractivity contribution in [3.05, 3.63) is 60.4 Å². The minimum Gasteiger partial charge on any atom is -0.461 e. The number of nitrogen functional groups attached to an aromatic ring is 1. The molecular weight excluding hydrogens is 693 g/mol. The average Bonchev–Trinajstić information content (AvgIpc) is 3.68. The number of para-hydroxylation sites is 1. The fourth-order valence-electron chi connectivity index (χ4n) is 5.97. The van der Waals surface area contributed by atoms with Crippen LogP contribution in [0.5, 0.6) is 5.75 Å². The molecular formula is C36H46N5O10P. The van der Waals surface area contributed by atoms with E-state index < -0.39 is 74.1 Å². The summed E-state index contributed by atoms with van der Waals surface area (Å²) in [6, 6.07) is 13.9. The van der Waals surface area contributed by atoms with Crippen molar-refractivity contribution in [1.29, 1.82) is 5.26 Å². The molecule has 6 atom stereocenters. The summed E-state index contributed by atoms with van der Waals surface area (Å²) in [5.74, 6) is -3.15. The van der Waals surface area contributed by atoms with Crippen molar-refractivity contribution in [3.8, 4) is 11.8 Å². The molecule has 52 heavy (non-hydrogen) atoms. The van der Waals surface area contributed by atoms with E-state index >= 15 is 0 Å². The molecule has 0 amide bonds. The van der Waals surface area contributed by atoms with Crippen LogP contribution in [0, 0.1) is 23.2 Å². The molecule has 3 N–H and O–H groups in total. The SMILES string of the molecule is CC(C)C(=O)O[C@H]1[C@H](c2ccc3c(N)ccnn23)O[C@](C#N)(CO[P@@](=O)(N[C@@H](C)C(=O)OC2CCCCC2)Oc2ccccc2)[C@H]1OC(=O)C(C)C. The molecule has 0 bridgehead atoms. The third-order valence-corrected chi connectivity index (χ3v) is 10.5. The maximum Gasteiger partial charge on any atom is 0.459 e. The number of carbonyl (C=O) groups excluding carboxylic acids is 3. The number of aromatic nitrogens is 2. The summed E-state index contributed by atoms with van der Waals surface area (Å²) in [4.78, 5) is 39.5. The number of hydrogen-bond donors (Lipinski definition) is 2. The molecule has 1 aromatic carbocycles. The summed E-state index contributed by atoms with van der Waals surface area (Å²) in [7, 11) is -4.55. The Morgan fingerprint density at radius 3 is 2.31 bits per heavy atom. The fourth-order valence-corrected chi connectivity index (χ4v) is 7.49. The van der Waals surface area contributed by atoms with Gasteiger partial charge < -0.3 is 29.2 Å². The minimum absolute atomic E-state index is 0.136. The lowest BCUT2D eigenvalue weighted by atomic mass is 9.95. The van der Waals surface area contributed by atoms with E-state index in [4.69, 9.17) is 33.7 Å². The molecule has 0 spiro atoms. The first-order valence-electron chi connectivity index (χ1n) is 17.5. The number of nitriles is 1. The van der Waals surface area contributed by atoms with E-state index in [1.165, 1.54) is 29.8 Å². The number of ether oxygens (including phenoxy) is 4. The monoisotopic (exact) mass is 739 g/mol. The lowest BCUT2D eigenvalue weighted by molar-refractivity contribution is -0.173. The first-order valence-corrected chi connectivity index (χ1v) is 19.0. The molecule has 2 aliphatic rings. The van der Waals surface area contributed by atoms with E-state index in [-0.39, 0.29) is 11.9 Å². The topological polar surface area (TPSA) is 203 Å². The Labute approximate surface area is 302 Å². The number of nitrogens with one attached hydrogen (secondary N) is 1. The van der Waals surface area contributed by atoms with Gasteiger partial charge in [-0.25, -0.2) is 9.08 Å². The molecule has 2 aromatic heterocycles. The first kappa shape index (κ1) is 38.7. The van der Waals surface area contributed by atoms with Crippen LogP contribution >= 0.6 is 7.75 Å². The summed E-state index contributed by atoms with van der Waals surface area (Å²) >= 11 is 0. The first-order chi connectivity index (χ1) is 24.8. The third kappa shape index (κ3) is 8.75. The fraction of sp³-hybridized carbons (Fsp3) is 0.528. The van der Waals surface area contributed by atoms with Crippen molar-refractivity contribution in [3.63, 3.8) is 0 Å². The van der Waals surface area contributed by atoms with E-state index in [1.807, 2.05) is 0 Å². The number of carbonyl (C=O) groups is 3. The van der Waals surface area contributed by atoms with Crippen LogP contribution in [0.15, 0.2) is 54.7 Å². The zero-order valence-electron chi connectivity index (χ0n) is 29.9. The van der Waals surface area contributed by atoms with Gasteiger partial charge in [-0.15, -0.1) is 0 Å². The van der Waals surface area contributed by atoms with Gasteiger partial charge in [-0.05, 0) is 62.9 Å². The van der Waals surface area contributed by atoms with Crippen LogP contribution in [0.25, 0.3) is 5.52 Å². The molecule has 0 radical (unpaired) electrons. The lowest BCUT2D eigenvalue weighted by Gasteiger charge is -2.31. The van der Waals surface area contributed by atoms with Gasteiger partial charge in [-0.3, -0.25) is 18.9 Å². The summed E-state index contributed by atoms with van der Waals surface area (Å²) in [6.45, 7) is 7.08. The van der Waals surface area contributed by atoms with Crippen LogP contribution in [0.3, 0.4) is 0 Å². The Bertz CT molecular complexity index is 1820. The second-order valence-corrected chi connectivity index (χ2v) is 15.4. The minimum atomic E-state index is -4.55. The normalized spacial score (nSPS) is 23.8. The molecule has 280 valence electrons. The molecule has 1 saturated heterocycles. The van der Waals surface area contributed by atoms with E-state index in [2.05, 4.69) is 16.3 Å². The van der Waals surface area contributed by atoms with Gasteiger partial charge in [-0.2, -0.15) is 15.4 Å². The Hall–Kier alpha value is -4.48. The van der Waals surface area contributed by atoms with Crippen LogP contribution < -0.4 is 15.3 Å². The number of nitrogens with zero attached hydrogens (tertiary/aromatic N) is 3. The second-order valence-electron chi connectivity index (χ2n) is 13.7. The van der Waals surface area contributed by atoms with Gasteiger partial charge in [-0.1, -0.05) is 52.3 Å². The van der Waals surface area contributed by atoms with Crippen LogP contribution in [0.2, 0.25) is 0 Å². The van der Waals surface area contributed by atoms with Crippen molar-refractivity contribution >= 4 is 36.9 Å². The maximum atomic E-state index is 14.6. The highest BCUT2D eigenvalue weighted by Gasteiger charge is 2.62. The molecule has 5 rings (SSSR count). The van der Waals surface area contributed by atoms with Crippen LogP contribution in [-0.4, -0.2) is 64.1 Å². The van der Waals surface area contributed by atoms with Gasteiger partial charge in [0.1, 0.15) is 36.7 Å². The Kier molecular flexibility index (Phi) is 12.3. The highest BCUT2D eigenvalue weighted by Crippen LogP contribution is 2.50. The van der Waals surface area contributed by atoms with Gasteiger partial charge in [0.05, 0.1) is 28.7 Å². The second kappa shape index (κ2) is 16.5. The van der Waals surface area contributed by atoms with Crippen LogP contribution in [0.1, 0.15) is 78.5 Å². The third-order valence-electron chi connectivity index (χ3n) is 8.89. The molecule has 15 nitrogen and oxygen atoms in total. The zero-order chi connectivity index (χ0) is 37.6. The Morgan fingerprint density at radius 1 is 0.981 bits per heavy atom. The Balaban J connectivity index is 1.52. The number of rotatable bonds is 14. The summed E-state index contributed by atoms with van der Waals surface area (Å²) in [5.41, 5.74) is 5.19. The average molecular weight is 740 g/mol. The zero-order valence-corrected chi connectivity index (χ0v) is 30.8. The van der Waals surface area contributed by atoms with Crippen molar-refractivity contribution in [2.45, 2.75) is 103 Å². The van der Waals surface area contributed by atoms with Gasteiger partial charge in [0, 0.05) is 6.20 Å². The maximum absolute atomic E-state index is 14.6. The summed E-state index contributed by atoms with van der Waals surface area (Å²) < 4.78 is 51.8. The highest BCUT2D eigenvalue weighted by molar-refractivity contribution is 7.52. The largest absolute Gasteiger partial charge is 0.461 e. The van der Waals surface area contributed by atoms with E-state index in [9.17, 15) is 24.2 Å². The quantitative estimate of drug-likeness (QED) is 0.120. The van der Waals surface area contributed by atoms with Gasteiger partial charge in [0.2, 0.25) is 5.60 Å². The van der Waals surface area contributed by atoms with Gasteiger partial charge >= 0.3 is 25.7 Å². The number of benzene rings is 1. The van der Waals surface area contributed by atoms with Crippen molar-refractivity contribution in [2.24, 2.45) is 11.8 Å². The number of nitrogens with two attached hydrogens (primary N) is 1. The molecule has 1 aliphatic heterocycles. The van der Waals surface area contributed by atoms with Crippen molar-refractivity contribution in [1.82, 2.24) is 14.7 Å². The number of hydrogen-bond acceptors (Lipinski definition) is 13. The van der Waals surface area contributed by atoms with Gasteiger partial charge in [0.25, 0.3) is 0 Å². The standard InChI is InChI=1S/C36H46N5O10P/c1-22(2)33(42)48-31-30(29-17-16-28-27(38)18-19-39-41(28)29)50-36(20-37,32(31)49-34(43)23(3)4)21-46-52(45,51-26-14-10-7-11-15-26)40-24(5)35(44)47-25-12-8-6-9-13-25/h7,10-11,14-19,22-25,30-32H,6,8-9,12-13,21,38H2,1-5H3,(H,40,45)/t24-,30-,31-,32-,36+,52-/m0/s1. The predicted molar refractivity (Wildman–Crippen MR) is 187 cm³/mol. The van der Waals surface area contributed by atoms with Crippen molar-refractivity contribution in [2.75, 3.05) is 12.3 Å². The van der Waals surface area contributed by atoms with E-state index in [0.717, 1.165) is 32.1 Å². The Morgan fingerprint density at radius 2 is 1.65 bits per heavy atom. The molecule has 3 aromatic rings. The summed E-state index contributed by atoms with van der Waals surface area (Å²) in [6.07, 6.45) is 1.37. The molecule has 2 fully saturated rings. The van der Waals surface area contributed by atoms with Gasteiger partial charge in [0.15, 0.2) is 12.2 Å². The molecule has 3 heterocycles. The molecule has 16 heteroatoms. The van der Waals surface area contributed by atoms with Crippen LogP contribution in [-0.2, 0) is 42.4 Å². The van der Waals surface area contributed by atoms with E-state index in [1.54, 1.807) is 64.1 Å². The molecule has 1 aliphatic carbocycles. The van der Waals surface area contributed by atoms with Crippen LogP contribution in [0.4, 0.5) is 5.69 Å². The van der Waals surface area contributed by atoms with Crippen molar-refractivity contribution < 1.29 is 46.9 Å². The lowest BCUT2D eigenvalue weighted by Crippen LogP contribution is -2.50. The smallest absolute Gasteiger partial charge is 0.459 e. The highest BCUT2D eigenvalue weighted by atomic mass is 31.2. The number of esters is 3. The molecule has 0 unspecified atom stereocenters.